The minimum Gasteiger partial charge on any atom is -0.352 e. The van der Waals surface area contributed by atoms with Crippen LogP contribution in [0.5, 0.6) is 0 Å². The normalized spacial score (nSPS) is 14.0. The molecular formula is C8H20N4S. The van der Waals surface area contributed by atoms with Crippen molar-refractivity contribution in [2.75, 3.05) is 18.1 Å². The number of nitrogens with one attached hydrogen (secondary N) is 2. The van der Waals surface area contributed by atoms with Crippen LogP contribution in [0.2, 0.25) is 0 Å². The maximum atomic E-state index is 5.29. The van der Waals surface area contributed by atoms with Gasteiger partial charge >= 0.3 is 0 Å². The molecule has 0 spiro atoms. The lowest BCUT2D eigenvalue weighted by Crippen LogP contribution is -2.46. The van der Waals surface area contributed by atoms with Crippen molar-refractivity contribution in [1.82, 2.24) is 10.7 Å². The minimum atomic E-state index is 0.395. The van der Waals surface area contributed by atoms with E-state index < -0.39 is 0 Å². The molecule has 0 heterocycles. The minimum absolute atomic E-state index is 0.395. The van der Waals surface area contributed by atoms with Gasteiger partial charge in [0.25, 0.3) is 0 Å². The predicted molar refractivity (Wildman–Crippen MR) is 60.9 cm³/mol. The number of hydrazine groups is 1. The topological polar surface area (TPSA) is 62.4 Å². The number of hydrogen-bond acceptors (Lipinski definition) is 3. The summed E-state index contributed by atoms with van der Waals surface area (Å²) in [5.41, 5.74) is 2.54. The molecule has 0 aliphatic heterocycles. The fraction of sp³-hybridized carbons (Fsp3) is 0.875. The zero-order chi connectivity index (χ0) is 10.1. The Hall–Kier alpha value is -0.420. The van der Waals surface area contributed by atoms with Crippen molar-refractivity contribution in [1.29, 1.82) is 0 Å². The van der Waals surface area contributed by atoms with Crippen LogP contribution in [-0.4, -0.2) is 30.1 Å². The van der Waals surface area contributed by atoms with Crippen molar-refractivity contribution in [2.45, 2.75) is 26.8 Å². The molecule has 1 atom stereocenters. The summed E-state index contributed by atoms with van der Waals surface area (Å²) in [4.78, 5) is 4.15. The molecule has 0 aliphatic rings. The summed E-state index contributed by atoms with van der Waals surface area (Å²) in [6.45, 7) is 6.98. The van der Waals surface area contributed by atoms with Crippen molar-refractivity contribution in [3.05, 3.63) is 0 Å². The highest BCUT2D eigenvalue weighted by molar-refractivity contribution is 7.99. The van der Waals surface area contributed by atoms with Crippen LogP contribution < -0.4 is 16.6 Å². The number of rotatable bonds is 5. The Bertz CT molecular complexity index is 149. The van der Waals surface area contributed by atoms with Crippen molar-refractivity contribution in [3.63, 3.8) is 0 Å². The molecule has 4 N–H and O–H groups in total. The van der Waals surface area contributed by atoms with Crippen LogP contribution >= 0.6 is 11.8 Å². The largest absolute Gasteiger partial charge is 0.352 e. The molecule has 0 saturated carbocycles. The Balaban J connectivity index is 3.73. The molecule has 5 heteroatoms. The molecular weight excluding hydrogens is 184 g/mol. The van der Waals surface area contributed by atoms with Crippen LogP contribution in [-0.2, 0) is 0 Å². The van der Waals surface area contributed by atoms with E-state index in [4.69, 9.17) is 5.84 Å². The molecule has 1 unspecified atom stereocenters. The lowest BCUT2D eigenvalue weighted by Gasteiger charge is -2.15. The van der Waals surface area contributed by atoms with Crippen molar-refractivity contribution in [3.8, 4) is 0 Å². The summed E-state index contributed by atoms with van der Waals surface area (Å²) in [5.74, 6) is 8.17. The van der Waals surface area contributed by atoms with Gasteiger partial charge in [-0.25, -0.2) is 5.84 Å². The van der Waals surface area contributed by atoms with E-state index in [1.54, 1.807) is 0 Å². The molecule has 0 fully saturated rings. The van der Waals surface area contributed by atoms with Gasteiger partial charge < -0.3 is 5.32 Å². The van der Waals surface area contributed by atoms with E-state index >= 15 is 0 Å². The molecule has 78 valence electrons. The molecule has 0 aliphatic carbocycles. The summed E-state index contributed by atoms with van der Waals surface area (Å²) in [6.07, 6.45) is 0. The third-order valence-electron chi connectivity index (χ3n) is 1.41. The second kappa shape index (κ2) is 8.19. The van der Waals surface area contributed by atoms with Gasteiger partial charge in [-0.3, -0.25) is 10.4 Å². The highest BCUT2D eigenvalue weighted by atomic mass is 32.2. The first kappa shape index (κ1) is 12.6. The zero-order valence-corrected chi connectivity index (χ0v) is 9.45. The summed E-state index contributed by atoms with van der Waals surface area (Å²) < 4.78 is 0. The van der Waals surface area contributed by atoms with Crippen molar-refractivity contribution in [2.24, 2.45) is 10.8 Å². The zero-order valence-electron chi connectivity index (χ0n) is 8.63. The predicted octanol–water partition coefficient (Wildman–Crippen LogP) is 0.557. The first-order chi connectivity index (χ1) is 6.24. The summed E-state index contributed by atoms with van der Waals surface area (Å²) in [7, 11) is 0. The number of thioether (sulfide) groups is 1. The Morgan fingerprint density at radius 1 is 1.54 bits per heavy atom. The summed E-state index contributed by atoms with van der Waals surface area (Å²) in [6, 6.07) is 0.395. The number of nitrogens with zero attached hydrogens (tertiary/aromatic N) is 1. The lowest BCUT2D eigenvalue weighted by atomic mass is 10.4. The van der Waals surface area contributed by atoms with Crippen LogP contribution in [0, 0.1) is 0 Å². The molecule has 4 nitrogen and oxygen atoms in total. The second-order valence-corrected chi connectivity index (χ2v) is 3.99. The standard InChI is InChI=1S/C8H20N4S/c1-4-10-8(12-9)11-7(3)6-13-5-2/h7H,4-6,9H2,1-3H3,(H2,10,11,12). The molecule has 0 amide bonds. The molecule has 13 heavy (non-hydrogen) atoms. The molecule has 0 saturated heterocycles. The van der Waals surface area contributed by atoms with E-state index in [1.807, 2.05) is 18.7 Å². The quantitative estimate of drug-likeness (QED) is 0.265. The van der Waals surface area contributed by atoms with Gasteiger partial charge in [-0.15, -0.1) is 0 Å². The number of nitrogens with two attached hydrogens (primary N) is 1. The molecule has 0 aromatic rings. The fourth-order valence-electron chi connectivity index (χ4n) is 0.861. The van der Waals surface area contributed by atoms with E-state index in [0.717, 1.165) is 18.1 Å². The third-order valence-corrected chi connectivity index (χ3v) is 2.55. The van der Waals surface area contributed by atoms with Crippen LogP contribution in [0.3, 0.4) is 0 Å². The molecule has 0 rings (SSSR count). The maximum absolute atomic E-state index is 5.29. The number of guanidine groups is 1. The number of aliphatic imine (C=N–C) groups is 1. The first-order valence-corrected chi connectivity index (χ1v) is 5.75. The van der Waals surface area contributed by atoms with Gasteiger partial charge in [0, 0.05) is 18.3 Å². The van der Waals surface area contributed by atoms with Gasteiger partial charge in [0.2, 0.25) is 5.96 Å². The first-order valence-electron chi connectivity index (χ1n) is 4.59. The van der Waals surface area contributed by atoms with Crippen molar-refractivity contribution >= 4 is 17.7 Å². The SMILES string of the molecule is CCN=C(NN)NC(C)CSCC. The Morgan fingerprint density at radius 2 is 2.23 bits per heavy atom. The molecule has 0 bridgehead atoms. The van der Waals surface area contributed by atoms with Gasteiger partial charge in [0.1, 0.15) is 0 Å². The van der Waals surface area contributed by atoms with Crippen LogP contribution in [0.1, 0.15) is 20.8 Å². The van der Waals surface area contributed by atoms with Crippen LogP contribution in [0.15, 0.2) is 4.99 Å². The van der Waals surface area contributed by atoms with Crippen LogP contribution in [0.4, 0.5) is 0 Å². The highest BCUT2D eigenvalue weighted by Crippen LogP contribution is 2.00. The monoisotopic (exact) mass is 204 g/mol. The number of hydrogen-bond donors (Lipinski definition) is 3. The Labute approximate surface area is 84.7 Å². The van der Waals surface area contributed by atoms with E-state index in [9.17, 15) is 0 Å². The molecule has 0 aromatic carbocycles. The van der Waals surface area contributed by atoms with E-state index in [1.165, 1.54) is 0 Å². The van der Waals surface area contributed by atoms with E-state index in [-0.39, 0.29) is 0 Å². The van der Waals surface area contributed by atoms with Gasteiger partial charge in [0.15, 0.2) is 0 Å². The molecule has 0 radical (unpaired) electrons. The van der Waals surface area contributed by atoms with Gasteiger partial charge in [-0.1, -0.05) is 6.92 Å². The fourth-order valence-corrected chi connectivity index (χ4v) is 1.53. The van der Waals surface area contributed by atoms with Gasteiger partial charge in [-0.2, -0.15) is 11.8 Å². The highest BCUT2D eigenvalue weighted by Gasteiger charge is 2.02. The van der Waals surface area contributed by atoms with Gasteiger partial charge in [0.05, 0.1) is 0 Å². The summed E-state index contributed by atoms with van der Waals surface area (Å²) in [5, 5.41) is 3.20. The van der Waals surface area contributed by atoms with Crippen molar-refractivity contribution < 1.29 is 0 Å². The third kappa shape index (κ3) is 6.72. The lowest BCUT2D eigenvalue weighted by molar-refractivity contribution is 0.713. The van der Waals surface area contributed by atoms with E-state index in [2.05, 4.69) is 29.6 Å². The molecule has 0 aromatic heterocycles. The summed E-state index contributed by atoms with van der Waals surface area (Å²) >= 11 is 1.90. The van der Waals surface area contributed by atoms with Crippen LogP contribution in [0.25, 0.3) is 0 Å². The average molecular weight is 204 g/mol. The van der Waals surface area contributed by atoms with E-state index in [0.29, 0.717) is 12.0 Å². The maximum Gasteiger partial charge on any atom is 0.205 e. The Kier molecular flexibility index (Phi) is 7.93. The smallest absolute Gasteiger partial charge is 0.205 e. The second-order valence-electron chi connectivity index (χ2n) is 2.67. The van der Waals surface area contributed by atoms with Gasteiger partial charge in [-0.05, 0) is 19.6 Å². The average Bonchev–Trinajstić information content (AvgIpc) is 2.14. The Morgan fingerprint density at radius 3 is 2.69 bits per heavy atom.